The summed E-state index contributed by atoms with van der Waals surface area (Å²) in [7, 11) is 4.21. The highest BCUT2D eigenvalue weighted by Crippen LogP contribution is 2.32. The Kier molecular flexibility index (Phi) is 3.44. The number of furan rings is 1. The van der Waals surface area contributed by atoms with Gasteiger partial charge in [-0.05, 0) is 58.1 Å². The Bertz CT molecular complexity index is 284. The van der Waals surface area contributed by atoms with Crippen molar-refractivity contribution in [1.29, 1.82) is 0 Å². The Morgan fingerprint density at radius 3 is 3.13 bits per heavy atom. The van der Waals surface area contributed by atoms with Crippen LogP contribution in [0.3, 0.4) is 0 Å². The number of nitrogens with zero attached hydrogens (tertiary/aromatic N) is 1. The molecule has 84 valence electrons. The van der Waals surface area contributed by atoms with Crippen LogP contribution in [0, 0.1) is 5.92 Å². The molecule has 1 aliphatic rings. The summed E-state index contributed by atoms with van der Waals surface area (Å²) in [5, 5.41) is 3.27. The summed E-state index contributed by atoms with van der Waals surface area (Å²) in [5.41, 5.74) is 0. The highest BCUT2D eigenvalue weighted by molar-refractivity contribution is 5.06. The van der Waals surface area contributed by atoms with Crippen LogP contribution >= 0.6 is 0 Å². The molecule has 15 heavy (non-hydrogen) atoms. The molecule has 1 fully saturated rings. The van der Waals surface area contributed by atoms with E-state index in [1.807, 2.05) is 13.1 Å². The summed E-state index contributed by atoms with van der Waals surface area (Å²) >= 11 is 0. The second kappa shape index (κ2) is 4.81. The molecule has 1 saturated heterocycles. The van der Waals surface area contributed by atoms with Gasteiger partial charge in [0.2, 0.25) is 0 Å². The first-order valence-corrected chi connectivity index (χ1v) is 5.69. The predicted molar refractivity (Wildman–Crippen MR) is 60.7 cm³/mol. The van der Waals surface area contributed by atoms with Crippen LogP contribution in [0.1, 0.15) is 24.6 Å². The highest BCUT2D eigenvalue weighted by Gasteiger charge is 2.28. The molecule has 3 heteroatoms. The molecule has 0 radical (unpaired) electrons. The molecular formula is C12H20N2O. The summed E-state index contributed by atoms with van der Waals surface area (Å²) in [6.07, 6.45) is 4.25. The standard InChI is InChI=1S/C12H20N2O/c1-13-9-10-5-6-14(2)11(8-10)12-4-3-7-15-12/h3-4,7,10-11,13H,5-6,8-9H2,1-2H3. The molecule has 1 N–H and O–H groups in total. The predicted octanol–water partition coefficient (Wildman–Crippen LogP) is 1.88. The Morgan fingerprint density at radius 1 is 1.60 bits per heavy atom. The molecule has 1 aliphatic heterocycles. The van der Waals surface area contributed by atoms with Crippen LogP contribution in [-0.4, -0.2) is 32.1 Å². The van der Waals surface area contributed by atoms with Crippen molar-refractivity contribution in [2.24, 2.45) is 5.92 Å². The summed E-state index contributed by atoms with van der Waals surface area (Å²) in [5.74, 6) is 1.89. The number of likely N-dealkylation sites (tertiary alicyclic amines) is 1. The molecule has 0 aromatic carbocycles. The Morgan fingerprint density at radius 2 is 2.47 bits per heavy atom. The minimum atomic E-state index is 0.465. The van der Waals surface area contributed by atoms with Gasteiger partial charge in [-0.3, -0.25) is 4.90 Å². The SMILES string of the molecule is CNCC1CCN(C)C(c2ccco2)C1. The summed E-state index contributed by atoms with van der Waals surface area (Å²) in [4.78, 5) is 2.39. The Hall–Kier alpha value is -0.800. The van der Waals surface area contributed by atoms with Crippen LogP contribution in [-0.2, 0) is 0 Å². The number of hydrogen-bond acceptors (Lipinski definition) is 3. The lowest BCUT2D eigenvalue weighted by Crippen LogP contribution is -2.36. The second-order valence-electron chi connectivity index (χ2n) is 4.46. The quantitative estimate of drug-likeness (QED) is 0.822. The minimum Gasteiger partial charge on any atom is -0.468 e. The van der Waals surface area contributed by atoms with Gasteiger partial charge in [-0.1, -0.05) is 0 Å². The Balaban J connectivity index is 2.02. The van der Waals surface area contributed by atoms with Crippen molar-refractivity contribution in [2.45, 2.75) is 18.9 Å². The van der Waals surface area contributed by atoms with Crippen LogP contribution in [0.4, 0.5) is 0 Å². The summed E-state index contributed by atoms with van der Waals surface area (Å²) in [6.45, 7) is 2.28. The van der Waals surface area contributed by atoms with Gasteiger partial charge >= 0.3 is 0 Å². The van der Waals surface area contributed by atoms with E-state index in [1.165, 1.54) is 12.8 Å². The first-order chi connectivity index (χ1) is 7.31. The van der Waals surface area contributed by atoms with Crippen LogP contribution in [0.15, 0.2) is 22.8 Å². The molecule has 1 aromatic heterocycles. The largest absolute Gasteiger partial charge is 0.468 e. The fraction of sp³-hybridized carbons (Fsp3) is 0.667. The summed E-state index contributed by atoms with van der Waals surface area (Å²) in [6, 6.07) is 4.53. The maximum Gasteiger partial charge on any atom is 0.120 e. The van der Waals surface area contributed by atoms with Crippen LogP contribution in [0.25, 0.3) is 0 Å². The van der Waals surface area contributed by atoms with Gasteiger partial charge in [0, 0.05) is 0 Å². The van der Waals surface area contributed by atoms with Crippen LogP contribution in [0.5, 0.6) is 0 Å². The molecule has 0 saturated carbocycles. The lowest BCUT2D eigenvalue weighted by atomic mass is 9.90. The van der Waals surface area contributed by atoms with Crippen LogP contribution in [0.2, 0.25) is 0 Å². The van der Waals surface area contributed by atoms with Gasteiger partial charge in [-0.25, -0.2) is 0 Å². The number of hydrogen-bond donors (Lipinski definition) is 1. The zero-order valence-electron chi connectivity index (χ0n) is 9.57. The lowest BCUT2D eigenvalue weighted by molar-refractivity contribution is 0.124. The average molecular weight is 208 g/mol. The van der Waals surface area contributed by atoms with Gasteiger partial charge < -0.3 is 9.73 Å². The molecule has 0 aliphatic carbocycles. The molecule has 2 rings (SSSR count). The maximum atomic E-state index is 5.51. The minimum absolute atomic E-state index is 0.465. The van der Waals surface area contributed by atoms with Crippen molar-refractivity contribution < 1.29 is 4.42 Å². The first kappa shape index (κ1) is 10.7. The second-order valence-corrected chi connectivity index (χ2v) is 4.46. The van der Waals surface area contributed by atoms with E-state index in [-0.39, 0.29) is 0 Å². The molecule has 0 bridgehead atoms. The van der Waals surface area contributed by atoms with E-state index >= 15 is 0 Å². The van der Waals surface area contributed by atoms with Crippen molar-refractivity contribution in [2.75, 3.05) is 27.2 Å². The van der Waals surface area contributed by atoms with E-state index < -0.39 is 0 Å². The van der Waals surface area contributed by atoms with E-state index in [4.69, 9.17) is 4.42 Å². The summed E-state index contributed by atoms with van der Waals surface area (Å²) < 4.78 is 5.51. The molecule has 1 aromatic rings. The first-order valence-electron chi connectivity index (χ1n) is 5.69. The van der Waals surface area contributed by atoms with E-state index in [9.17, 15) is 0 Å². The van der Waals surface area contributed by atoms with Gasteiger partial charge in [0.15, 0.2) is 0 Å². The topological polar surface area (TPSA) is 28.4 Å². The normalized spacial score (nSPS) is 28.1. The molecule has 3 nitrogen and oxygen atoms in total. The fourth-order valence-electron chi connectivity index (χ4n) is 2.44. The van der Waals surface area contributed by atoms with Crippen molar-refractivity contribution >= 4 is 0 Å². The lowest BCUT2D eigenvalue weighted by Gasteiger charge is -2.35. The third kappa shape index (κ3) is 2.41. The third-order valence-electron chi connectivity index (χ3n) is 3.34. The van der Waals surface area contributed by atoms with Crippen molar-refractivity contribution in [3.8, 4) is 0 Å². The van der Waals surface area contributed by atoms with Gasteiger partial charge in [0.25, 0.3) is 0 Å². The number of nitrogens with one attached hydrogen (secondary N) is 1. The third-order valence-corrected chi connectivity index (χ3v) is 3.34. The van der Waals surface area contributed by atoms with Gasteiger partial charge in [0.1, 0.15) is 5.76 Å². The van der Waals surface area contributed by atoms with E-state index in [2.05, 4.69) is 23.3 Å². The van der Waals surface area contributed by atoms with E-state index in [0.717, 1.165) is 24.8 Å². The Labute approximate surface area is 91.4 Å². The van der Waals surface area contributed by atoms with E-state index in [0.29, 0.717) is 6.04 Å². The monoisotopic (exact) mass is 208 g/mol. The maximum absolute atomic E-state index is 5.51. The fourth-order valence-corrected chi connectivity index (χ4v) is 2.44. The smallest absolute Gasteiger partial charge is 0.120 e. The van der Waals surface area contributed by atoms with Crippen LogP contribution < -0.4 is 5.32 Å². The molecular weight excluding hydrogens is 188 g/mol. The van der Waals surface area contributed by atoms with Gasteiger partial charge in [-0.2, -0.15) is 0 Å². The molecule has 2 unspecified atom stereocenters. The zero-order chi connectivity index (χ0) is 10.7. The van der Waals surface area contributed by atoms with E-state index in [1.54, 1.807) is 6.26 Å². The van der Waals surface area contributed by atoms with Crippen molar-refractivity contribution in [3.63, 3.8) is 0 Å². The average Bonchev–Trinajstić information content (AvgIpc) is 2.74. The van der Waals surface area contributed by atoms with Crippen molar-refractivity contribution in [1.82, 2.24) is 10.2 Å². The molecule has 2 atom stereocenters. The molecule has 0 spiro atoms. The highest BCUT2D eigenvalue weighted by atomic mass is 16.3. The van der Waals surface area contributed by atoms with Gasteiger partial charge in [0.05, 0.1) is 12.3 Å². The van der Waals surface area contributed by atoms with Gasteiger partial charge in [-0.15, -0.1) is 0 Å². The number of piperidine rings is 1. The molecule has 0 amide bonds. The molecule has 2 heterocycles. The van der Waals surface area contributed by atoms with Crippen molar-refractivity contribution in [3.05, 3.63) is 24.2 Å². The number of rotatable bonds is 3. The zero-order valence-corrected chi connectivity index (χ0v) is 9.57.